The van der Waals surface area contributed by atoms with Crippen LogP contribution in [0, 0.1) is 0 Å². The molecule has 1 aliphatic rings. The number of halogens is 2. The standard InChI is InChI=1S/C25H23F2N5O/c1-28-25(33)21-11-15-6-3-4-8-18(15)24(30-21)32-9-5-7-16-10-19(17-13-29-31(2)14-17)20(23(26)27)12-22(16)32/h3-4,6,8,10-14,23H,5,7,9H2,1-2H3,(H,28,33). The molecule has 1 aliphatic heterocycles. The van der Waals surface area contributed by atoms with Crippen molar-refractivity contribution in [3.05, 3.63) is 71.7 Å². The zero-order valence-corrected chi connectivity index (χ0v) is 18.3. The number of aryl methyl sites for hydroxylation is 2. The van der Waals surface area contributed by atoms with Gasteiger partial charge in [0.1, 0.15) is 11.5 Å². The highest BCUT2D eigenvalue weighted by Gasteiger charge is 2.27. The molecule has 0 bridgehead atoms. The normalized spacial score (nSPS) is 13.4. The van der Waals surface area contributed by atoms with Gasteiger partial charge in [-0.25, -0.2) is 13.8 Å². The molecule has 168 valence electrons. The molecule has 4 aromatic rings. The van der Waals surface area contributed by atoms with E-state index in [-0.39, 0.29) is 11.5 Å². The molecule has 0 fully saturated rings. The topological polar surface area (TPSA) is 63.1 Å². The van der Waals surface area contributed by atoms with Crippen molar-refractivity contribution in [3.8, 4) is 11.1 Å². The number of benzene rings is 2. The first kappa shape index (κ1) is 21.1. The van der Waals surface area contributed by atoms with Crippen LogP contribution in [0.2, 0.25) is 0 Å². The number of hydrogen-bond donors (Lipinski definition) is 1. The number of pyridine rings is 1. The predicted molar refractivity (Wildman–Crippen MR) is 124 cm³/mol. The Labute approximate surface area is 189 Å². The number of carbonyl (C=O) groups is 1. The van der Waals surface area contributed by atoms with Crippen LogP contribution in [0.25, 0.3) is 21.9 Å². The summed E-state index contributed by atoms with van der Waals surface area (Å²) in [5.74, 6) is 0.307. The summed E-state index contributed by atoms with van der Waals surface area (Å²) in [7, 11) is 3.33. The van der Waals surface area contributed by atoms with Crippen molar-refractivity contribution in [2.24, 2.45) is 7.05 Å². The molecule has 6 nitrogen and oxygen atoms in total. The Morgan fingerprint density at radius 1 is 1.18 bits per heavy atom. The summed E-state index contributed by atoms with van der Waals surface area (Å²) in [6, 6.07) is 12.9. The molecule has 8 heteroatoms. The third-order valence-electron chi connectivity index (χ3n) is 6.06. The summed E-state index contributed by atoms with van der Waals surface area (Å²) in [5, 5.41) is 8.51. The monoisotopic (exact) mass is 447 g/mol. The van der Waals surface area contributed by atoms with Crippen molar-refractivity contribution >= 4 is 28.2 Å². The number of amides is 1. The highest BCUT2D eigenvalue weighted by molar-refractivity contribution is 6.01. The van der Waals surface area contributed by atoms with Gasteiger partial charge < -0.3 is 10.2 Å². The first-order valence-corrected chi connectivity index (χ1v) is 10.8. The summed E-state index contributed by atoms with van der Waals surface area (Å²) >= 11 is 0. The van der Waals surface area contributed by atoms with Crippen LogP contribution in [-0.2, 0) is 13.5 Å². The Kier molecular flexibility index (Phi) is 5.28. The second-order valence-electron chi connectivity index (χ2n) is 8.16. The van der Waals surface area contributed by atoms with Crippen molar-refractivity contribution in [1.82, 2.24) is 20.1 Å². The van der Waals surface area contributed by atoms with E-state index in [1.165, 1.54) is 0 Å². The molecule has 1 amide bonds. The SMILES string of the molecule is CNC(=O)c1cc2ccccc2c(N2CCCc3cc(-c4cnn(C)c4)c(C(F)F)cc32)n1. The highest BCUT2D eigenvalue weighted by atomic mass is 19.3. The molecule has 33 heavy (non-hydrogen) atoms. The van der Waals surface area contributed by atoms with Crippen molar-refractivity contribution in [2.75, 3.05) is 18.5 Å². The zero-order chi connectivity index (χ0) is 23.1. The van der Waals surface area contributed by atoms with Gasteiger partial charge in [-0.1, -0.05) is 24.3 Å². The number of anilines is 2. The van der Waals surface area contributed by atoms with Gasteiger partial charge in [0, 0.05) is 49.0 Å². The molecule has 0 spiro atoms. The number of fused-ring (bicyclic) bond motifs is 2. The maximum absolute atomic E-state index is 14.2. The average molecular weight is 447 g/mol. The number of nitrogens with zero attached hydrogens (tertiary/aromatic N) is 4. The largest absolute Gasteiger partial charge is 0.354 e. The van der Waals surface area contributed by atoms with Gasteiger partial charge in [0.05, 0.1) is 6.20 Å². The Hall–Kier alpha value is -3.81. The first-order chi connectivity index (χ1) is 16.0. The molecule has 0 saturated carbocycles. The summed E-state index contributed by atoms with van der Waals surface area (Å²) in [6.07, 6.45) is 2.33. The zero-order valence-electron chi connectivity index (χ0n) is 18.3. The summed E-state index contributed by atoms with van der Waals surface area (Å²) in [4.78, 5) is 19.0. The summed E-state index contributed by atoms with van der Waals surface area (Å²) < 4.78 is 30.0. The van der Waals surface area contributed by atoms with E-state index in [0.717, 1.165) is 29.2 Å². The Morgan fingerprint density at radius 2 is 2.00 bits per heavy atom. The smallest absolute Gasteiger partial charge is 0.269 e. The Morgan fingerprint density at radius 3 is 2.73 bits per heavy atom. The van der Waals surface area contributed by atoms with E-state index in [1.807, 2.05) is 35.2 Å². The second kappa shape index (κ2) is 8.27. The van der Waals surface area contributed by atoms with Gasteiger partial charge in [-0.05, 0) is 47.6 Å². The Bertz CT molecular complexity index is 1360. The molecule has 0 radical (unpaired) electrons. The molecule has 0 saturated heterocycles. The van der Waals surface area contributed by atoms with Crippen LogP contribution >= 0.6 is 0 Å². The van der Waals surface area contributed by atoms with Crippen molar-refractivity contribution in [1.29, 1.82) is 0 Å². The fraction of sp³-hybridized carbons (Fsp3) is 0.240. The number of aromatic nitrogens is 3. The number of alkyl halides is 2. The molecule has 2 aromatic heterocycles. The van der Waals surface area contributed by atoms with Gasteiger partial charge in [-0.2, -0.15) is 5.10 Å². The molecule has 5 rings (SSSR count). The maximum atomic E-state index is 14.2. The van der Waals surface area contributed by atoms with E-state index in [2.05, 4.69) is 15.4 Å². The molecular weight excluding hydrogens is 424 g/mol. The maximum Gasteiger partial charge on any atom is 0.269 e. The van der Waals surface area contributed by atoms with E-state index < -0.39 is 6.43 Å². The summed E-state index contributed by atoms with van der Waals surface area (Å²) in [6.45, 7) is 0.621. The van der Waals surface area contributed by atoms with Crippen LogP contribution < -0.4 is 10.2 Å². The Balaban J connectivity index is 1.71. The van der Waals surface area contributed by atoms with Gasteiger partial charge >= 0.3 is 0 Å². The van der Waals surface area contributed by atoms with E-state index in [4.69, 9.17) is 0 Å². The minimum Gasteiger partial charge on any atom is -0.354 e. The van der Waals surface area contributed by atoms with Gasteiger partial charge in [0.25, 0.3) is 12.3 Å². The van der Waals surface area contributed by atoms with Crippen LogP contribution in [0.4, 0.5) is 20.3 Å². The van der Waals surface area contributed by atoms with Crippen LogP contribution in [0.1, 0.15) is 34.5 Å². The average Bonchev–Trinajstić information content (AvgIpc) is 3.27. The third kappa shape index (κ3) is 3.71. The number of rotatable bonds is 4. The minimum atomic E-state index is -2.64. The van der Waals surface area contributed by atoms with Crippen LogP contribution in [0.15, 0.2) is 54.9 Å². The molecule has 0 aliphatic carbocycles. The predicted octanol–water partition coefficient (Wildman–Crippen LogP) is 5.02. The number of carbonyl (C=O) groups excluding carboxylic acids is 1. The lowest BCUT2D eigenvalue weighted by Gasteiger charge is -2.32. The van der Waals surface area contributed by atoms with Crippen molar-refractivity contribution < 1.29 is 13.6 Å². The second-order valence-corrected chi connectivity index (χ2v) is 8.16. The van der Waals surface area contributed by atoms with E-state index in [9.17, 15) is 13.6 Å². The minimum absolute atomic E-state index is 0.0413. The quantitative estimate of drug-likeness (QED) is 0.477. The van der Waals surface area contributed by atoms with Gasteiger partial charge in [0.15, 0.2) is 0 Å². The molecule has 0 unspecified atom stereocenters. The van der Waals surface area contributed by atoms with Crippen molar-refractivity contribution in [2.45, 2.75) is 19.3 Å². The van der Waals surface area contributed by atoms with Gasteiger partial charge in [0.2, 0.25) is 0 Å². The van der Waals surface area contributed by atoms with Gasteiger partial charge in [-0.3, -0.25) is 9.48 Å². The molecular formula is C25H23F2N5O. The molecule has 3 heterocycles. The fourth-order valence-electron chi connectivity index (χ4n) is 4.49. The third-order valence-corrected chi connectivity index (χ3v) is 6.06. The van der Waals surface area contributed by atoms with E-state index >= 15 is 0 Å². The van der Waals surface area contributed by atoms with Crippen LogP contribution in [0.5, 0.6) is 0 Å². The lowest BCUT2D eigenvalue weighted by molar-refractivity contribution is 0.0958. The van der Waals surface area contributed by atoms with Gasteiger partial charge in [-0.15, -0.1) is 0 Å². The van der Waals surface area contributed by atoms with E-state index in [0.29, 0.717) is 34.9 Å². The first-order valence-electron chi connectivity index (χ1n) is 10.8. The molecule has 2 aromatic carbocycles. The highest BCUT2D eigenvalue weighted by Crippen LogP contribution is 2.42. The number of hydrogen-bond acceptors (Lipinski definition) is 4. The van der Waals surface area contributed by atoms with E-state index in [1.54, 1.807) is 43.3 Å². The molecule has 1 N–H and O–H groups in total. The fourth-order valence-corrected chi connectivity index (χ4v) is 4.49. The lowest BCUT2D eigenvalue weighted by Crippen LogP contribution is -2.27. The lowest BCUT2D eigenvalue weighted by atomic mass is 9.93. The van der Waals surface area contributed by atoms with Crippen LogP contribution in [0.3, 0.4) is 0 Å². The molecule has 0 atom stereocenters. The summed E-state index contributed by atoms with van der Waals surface area (Å²) in [5.41, 5.74) is 3.09. The van der Waals surface area contributed by atoms with Crippen LogP contribution in [-0.4, -0.2) is 34.3 Å². The number of nitrogens with one attached hydrogen (secondary N) is 1. The van der Waals surface area contributed by atoms with Crippen molar-refractivity contribution in [3.63, 3.8) is 0 Å².